The Bertz CT molecular complexity index is 1340. The Hall–Kier alpha value is -3.33. The van der Waals surface area contributed by atoms with E-state index in [-0.39, 0.29) is 24.1 Å². The number of likely N-dealkylation sites (tertiary alicyclic amines) is 1. The van der Waals surface area contributed by atoms with Crippen LogP contribution in [0, 0.1) is 0 Å². The minimum Gasteiger partial charge on any atom is -0.341 e. The standard InChI is InChI=1S/C34H36F6N2O/c1-41(23-24-20-28(33(35,36)37)22-29(21-24)34(38,39)40)31(43)32(27-10-6-3-7-11-27)16-12-30(13-17-32)42-18-14-26(15-19-42)25-8-4-2-5-9-25/h2-11,20-22,26,30H,12-19,23H2,1H3. The van der Waals surface area contributed by atoms with E-state index in [0.29, 0.717) is 36.9 Å². The van der Waals surface area contributed by atoms with Crippen LogP contribution in [0.2, 0.25) is 0 Å². The quantitative estimate of drug-likeness (QED) is 0.265. The number of carbonyl (C=O) groups is 1. The normalized spacial score (nSPS) is 22.3. The number of rotatable bonds is 6. The second-order valence-corrected chi connectivity index (χ2v) is 12.0. The molecule has 1 saturated carbocycles. The fraction of sp³-hybridized carbons (Fsp3) is 0.441. The first kappa shape index (κ1) is 31.1. The summed E-state index contributed by atoms with van der Waals surface area (Å²) in [4.78, 5) is 17.9. The van der Waals surface area contributed by atoms with E-state index in [0.717, 1.165) is 44.3 Å². The lowest BCUT2D eigenvalue weighted by molar-refractivity contribution is -0.143. The summed E-state index contributed by atoms with van der Waals surface area (Å²) in [5.41, 5.74) is -1.68. The Balaban J connectivity index is 1.32. The van der Waals surface area contributed by atoms with Gasteiger partial charge in [0.25, 0.3) is 0 Å². The fourth-order valence-corrected chi connectivity index (χ4v) is 6.99. The molecule has 3 aromatic carbocycles. The van der Waals surface area contributed by atoms with Gasteiger partial charge in [-0.25, -0.2) is 0 Å². The minimum absolute atomic E-state index is 0.112. The number of carbonyl (C=O) groups excluding carboxylic acids is 1. The van der Waals surface area contributed by atoms with E-state index < -0.39 is 28.9 Å². The average molecular weight is 603 g/mol. The summed E-state index contributed by atoms with van der Waals surface area (Å²) >= 11 is 0. The molecule has 0 unspecified atom stereocenters. The molecule has 9 heteroatoms. The van der Waals surface area contributed by atoms with Crippen molar-refractivity contribution in [3.05, 3.63) is 107 Å². The highest BCUT2D eigenvalue weighted by Gasteiger charge is 2.46. The van der Waals surface area contributed by atoms with Gasteiger partial charge in [0.05, 0.1) is 16.5 Å². The number of nitrogens with zero attached hydrogens (tertiary/aromatic N) is 2. The Morgan fingerprint density at radius 3 is 1.81 bits per heavy atom. The molecular weight excluding hydrogens is 566 g/mol. The maximum atomic E-state index is 14.1. The Labute approximate surface area is 248 Å². The van der Waals surface area contributed by atoms with Crippen molar-refractivity contribution in [3.63, 3.8) is 0 Å². The predicted molar refractivity (Wildman–Crippen MR) is 153 cm³/mol. The molecule has 1 saturated heterocycles. The molecule has 2 fully saturated rings. The molecule has 1 aliphatic carbocycles. The number of hydrogen-bond acceptors (Lipinski definition) is 2. The Morgan fingerprint density at radius 2 is 1.30 bits per heavy atom. The molecule has 230 valence electrons. The number of likely N-dealkylation sites (N-methyl/N-ethyl adjacent to an activating group) is 1. The summed E-state index contributed by atoms with van der Waals surface area (Å²) in [6.07, 6.45) is -5.07. The number of benzene rings is 3. The number of amides is 1. The van der Waals surface area contributed by atoms with Gasteiger partial charge in [0, 0.05) is 19.6 Å². The van der Waals surface area contributed by atoms with Crippen LogP contribution in [0.5, 0.6) is 0 Å². The van der Waals surface area contributed by atoms with Gasteiger partial charge in [0.1, 0.15) is 0 Å². The third-order valence-electron chi connectivity index (χ3n) is 9.28. The Kier molecular flexibility index (Phi) is 8.93. The lowest BCUT2D eigenvalue weighted by atomic mass is 9.66. The topological polar surface area (TPSA) is 23.6 Å². The van der Waals surface area contributed by atoms with Gasteiger partial charge in [0.15, 0.2) is 0 Å². The van der Waals surface area contributed by atoms with E-state index in [2.05, 4.69) is 29.2 Å². The molecule has 3 nitrogen and oxygen atoms in total. The average Bonchev–Trinajstić information content (AvgIpc) is 3.00. The molecule has 0 atom stereocenters. The zero-order chi connectivity index (χ0) is 30.8. The highest BCUT2D eigenvalue weighted by molar-refractivity contribution is 5.88. The molecule has 0 aromatic heterocycles. The number of hydrogen-bond donors (Lipinski definition) is 0. The largest absolute Gasteiger partial charge is 0.416 e. The maximum Gasteiger partial charge on any atom is 0.416 e. The van der Waals surface area contributed by atoms with Crippen molar-refractivity contribution in [1.82, 2.24) is 9.80 Å². The molecule has 0 bridgehead atoms. The van der Waals surface area contributed by atoms with Gasteiger partial charge >= 0.3 is 12.4 Å². The summed E-state index contributed by atoms with van der Waals surface area (Å²) in [6.45, 7) is 1.60. The summed E-state index contributed by atoms with van der Waals surface area (Å²) < 4.78 is 80.7. The van der Waals surface area contributed by atoms with Crippen LogP contribution in [0.1, 0.15) is 72.3 Å². The molecule has 3 aromatic rings. The number of halogens is 6. The third kappa shape index (κ3) is 6.92. The smallest absolute Gasteiger partial charge is 0.341 e. The van der Waals surface area contributed by atoms with Crippen molar-refractivity contribution in [2.24, 2.45) is 0 Å². The van der Waals surface area contributed by atoms with Gasteiger partial charge in [-0.15, -0.1) is 0 Å². The molecule has 1 amide bonds. The highest BCUT2D eigenvalue weighted by atomic mass is 19.4. The molecule has 1 heterocycles. The lowest BCUT2D eigenvalue weighted by Crippen LogP contribution is -2.51. The number of piperidine rings is 1. The van der Waals surface area contributed by atoms with Crippen molar-refractivity contribution in [2.45, 2.75) is 74.8 Å². The molecule has 43 heavy (non-hydrogen) atoms. The van der Waals surface area contributed by atoms with Gasteiger partial charge < -0.3 is 9.80 Å². The van der Waals surface area contributed by atoms with Gasteiger partial charge in [0.2, 0.25) is 5.91 Å². The van der Waals surface area contributed by atoms with E-state index in [1.54, 1.807) is 0 Å². The van der Waals surface area contributed by atoms with Crippen LogP contribution in [-0.4, -0.2) is 41.9 Å². The van der Waals surface area contributed by atoms with Crippen LogP contribution in [0.15, 0.2) is 78.9 Å². The van der Waals surface area contributed by atoms with Crippen LogP contribution >= 0.6 is 0 Å². The summed E-state index contributed by atoms with van der Waals surface area (Å²) in [5.74, 6) is 0.249. The Morgan fingerprint density at radius 1 is 0.791 bits per heavy atom. The van der Waals surface area contributed by atoms with Crippen LogP contribution in [-0.2, 0) is 29.1 Å². The first-order chi connectivity index (χ1) is 20.4. The third-order valence-corrected chi connectivity index (χ3v) is 9.28. The molecule has 0 radical (unpaired) electrons. The fourth-order valence-electron chi connectivity index (χ4n) is 6.99. The minimum atomic E-state index is -4.95. The molecular formula is C34H36F6N2O. The van der Waals surface area contributed by atoms with E-state index >= 15 is 0 Å². The van der Waals surface area contributed by atoms with Crippen LogP contribution < -0.4 is 0 Å². The van der Waals surface area contributed by atoms with Crippen molar-refractivity contribution in [3.8, 4) is 0 Å². The van der Waals surface area contributed by atoms with Gasteiger partial charge in [-0.3, -0.25) is 4.79 Å². The summed E-state index contributed by atoms with van der Waals surface area (Å²) in [5, 5.41) is 0. The van der Waals surface area contributed by atoms with E-state index in [4.69, 9.17) is 0 Å². The zero-order valence-corrected chi connectivity index (χ0v) is 24.1. The highest BCUT2D eigenvalue weighted by Crippen LogP contribution is 2.44. The molecule has 5 rings (SSSR count). The van der Waals surface area contributed by atoms with Crippen LogP contribution in [0.3, 0.4) is 0 Å². The van der Waals surface area contributed by atoms with Crippen molar-refractivity contribution in [1.29, 1.82) is 0 Å². The van der Waals surface area contributed by atoms with Gasteiger partial charge in [-0.05, 0) is 92.4 Å². The molecule has 2 aliphatic rings. The van der Waals surface area contributed by atoms with E-state index in [9.17, 15) is 31.1 Å². The molecule has 1 aliphatic heterocycles. The number of alkyl halides is 6. The second-order valence-electron chi connectivity index (χ2n) is 12.0. The van der Waals surface area contributed by atoms with Crippen molar-refractivity contribution < 1.29 is 31.1 Å². The van der Waals surface area contributed by atoms with Crippen LogP contribution in [0.25, 0.3) is 0 Å². The van der Waals surface area contributed by atoms with Crippen molar-refractivity contribution in [2.75, 3.05) is 20.1 Å². The SMILES string of the molecule is CN(Cc1cc(C(F)(F)F)cc(C(F)(F)F)c1)C(=O)C1(c2ccccc2)CCC(N2CCC(c3ccccc3)CC2)CC1. The molecule has 0 N–H and O–H groups in total. The summed E-state index contributed by atoms with van der Waals surface area (Å²) in [7, 11) is 1.46. The maximum absolute atomic E-state index is 14.1. The van der Waals surface area contributed by atoms with Gasteiger partial charge in [-0.2, -0.15) is 26.3 Å². The summed E-state index contributed by atoms with van der Waals surface area (Å²) in [6, 6.07) is 21.7. The molecule has 0 spiro atoms. The monoisotopic (exact) mass is 602 g/mol. The van der Waals surface area contributed by atoms with Gasteiger partial charge in [-0.1, -0.05) is 60.7 Å². The first-order valence-corrected chi connectivity index (χ1v) is 14.8. The second kappa shape index (κ2) is 12.3. The zero-order valence-electron chi connectivity index (χ0n) is 24.1. The van der Waals surface area contributed by atoms with Crippen molar-refractivity contribution >= 4 is 5.91 Å². The van der Waals surface area contributed by atoms with E-state index in [1.807, 2.05) is 36.4 Å². The predicted octanol–water partition coefficient (Wildman–Crippen LogP) is 8.44. The first-order valence-electron chi connectivity index (χ1n) is 14.8. The van der Waals surface area contributed by atoms with Crippen LogP contribution in [0.4, 0.5) is 26.3 Å². The van der Waals surface area contributed by atoms with E-state index in [1.165, 1.54) is 17.5 Å². The lowest BCUT2D eigenvalue weighted by Gasteiger charge is -2.46.